The number of rotatable bonds is 7. The van der Waals surface area contributed by atoms with Crippen LogP contribution in [-0.2, 0) is 4.79 Å². The maximum absolute atomic E-state index is 12.2. The maximum atomic E-state index is 12.2. The summed E-state index contributed by atoms with van der Waals surface area (Å²) in [4.78, 5) is 12.2. The maximum Gasteiger partial charge on any atom is 0.248 e. The Labute approximate surface area is 143 Å². The Morgan fingerprint density at radius 1 is 1.04 bits per heavy atom. The van der Waals surface area contributed by atoms with Gasteiger partial charge in [0.05, 0.1) is 18.9 Å². The number of ether oxygens (including phenoxy) is 2. The van der Waals surface area contributed by atoms with E-state index in [4.69, 9.17) is 9.47 Å². The van der Waals surface area contributed by atoms with Crippen LogP contribution in [0, 0.1) is 6.92 Å². The van der Waals surface area contributed by atoms with E-state index in [1.54, 1.807) is 18.2 Å². The summed E-state index contributed by atoms with van der Waals surface area (Å²) in [6.45, 7) is 6.93. The van der Waals surface area contributed by atoms with Crippen molar-refractivity contribution in [2.24, 2.45) is 0 Å². The Balaban J connectivity index is 2.11. The van der Waals surface area contributed by atoms with Crippen LogP contribution >= 0.6 is 0 Å². The number of carbonyl (C=O) groups excluding carboxylic acids is 1. The van der Waals surface area contributed by atoms with Crippen LogP contribution in [-0.4, -0.2) is 19.1 Å². The van der Waals surface area contributed by atoms with Gasteiger partial charge in [0, 0.05) is 12.1 Å². The van der Waals surface area contributed by atoms with Gasteiger partial charge in [-0.3, -0.25) is 4.79 Å². The Bertz CT molecular complexity index is 705. The van der Waals surface area contributed by atoms with Gasteiger partial charge in [0.15, 0.2) is 0 Å². The van der Waals surface area contributed by atoms with Crippen molar-refractivity contribution in [3.8, 4) is 11.5 Å². The number of amides is 1. The molecule has 0 spiro atoms. The van der Waals surface area contributed by atoms with Crippen molar-refractivity contribution in [3.05, 3.63) is 59.7 Å². The highest BCUT2D eigenvalue weighted by Gasteiger charge is 2.08. The van der Waals surface area contributed by atoms with Gasteiger partial charge in [-0.15, -0.1) is 0 Å². The van der Waals surface area contributed by atoms with Gasteiger partial charge in [-0.2, -0.15) is 0 Å². The minimum Gasteiger partial charge on any atom is -0.494 e. The summed E-state index contributed by atoms with van der Waals surface area (Å²) >= 11 is 0. The number of hydrogen-bond donors (Lipinski definition) is 1. The lowest BCUT2D eigenvalue weighted by Gasteiger charge is -2.12. The van der Waals surface area contributed by atoms with E-state index >= 15 is 0 Å². The number of aryl methyl sites for hydroxylation is 1. The van der Waals surface area contributed by atoms with E-state index in [9.17, 15) is 4.79 Å². The van der Waals surface area contributed by atoms with Crippen molar-refractivity contribution >= 4 is 17.7 Å². The molecule has 0 radical (unpaired) electrons. The lowest BCUT2D eigenvalue weighted by Crippen LogP contribution is -2.10. The highest BCUT2D eigenvalue weighted by Crippen LogP contribution is 2.29. The normalized spacial score (nSPS) is 10.6. The SMILES string of the molecule is CCOc1ccc(OCC)c(NC(=O)/C=C/c2ccc(C)cc2)c1. The second-order valence-electron chi connectivity index (χ2n) is 5.26. The smallest absolute Gasteiger partial charge is 0.248 e. The molecular formula is C20H23NO3. The predicted molar refractivity (Wildman–Crippen MR) is 97.6 cm³/mol. The van der Waals surface area contributed by atoms with Crippen molar-refractivity contribution in [3.63, 3.8) is 0 Å². The summed E-state index contributed by atoms with van der Waals surface area (Å²) in [6.07, 6.45) is 3.29. The van der Waals surface area contributed by atoms with Crippen LogP contribution in [0.1, 0.15) is 25.0 Å². The third-order valence-corrected chi connectivity index (χ3v) is 3.32. The number of benzene rings is 2. The molecule has 4 nitrogen and oxygen atoms in total. The molecule has 0 aliphatic rings. The molecule has 4 heteroatoms. The number of carbonyl (C=O) groups is 1. The topological polar surface area (TPSA) is 47.6 Å². The van der Waals surface area contributed by atoms with E-state index < -0.39 is 0 Å². The van der Waals surface area contributed by atoms with Crippen LogP contribution < -0.4 is 14.8 Å². The molecule has 1 amide bonds. The van der Waals surface area contributed by atoms with Crippen LogP contribution in [0.15, 0.2) is 48.5 Å². The zero-order chi connectivity index (χ0) is 17.4. The van der Waals surface area contributed by atoms with Crippen LogP contribution in [0.5, 0.6) is 11.5 Å². The van der Waals surface area contributed by atoms with Gasteiger partial charge in [0.25, 0.3) is 0 Å². The molecule has 1 N–H and O–H groups in total. The molecule has 0 bridgehead atoms. The highest BCUT2D eigenvalue weighted by molar-refractivity contribution is 6.02. The van der Waals surface area contributed by atoms with Gasteiger partial charge in [0.1, 0.15) is 11.5 Å². The van der Waals surface area contributed by atoms with Crippen molar-refractivity contribution in [1.82, 2.24) is 0 Å². The minimum absolute atomic E-state index is 0.217. The third kappa shape index (κ3) is 5.16. The fourth-order valence-electron chi connectivity index (χ4n) is 2.17. The Morgan fingerprint density at radius 2 is 1.75 bits per heavy atom. The van der Waals surface area contributed by atoms with E-state index in [1.807, 2.05) is 51.1 Å². The van der Waals surface area contributed by atoms with Crippen LogP contribution in [0.2, 0.25) is 0 Å². The van der Waals surface area contributed by atoms with Crippen LogP contribution in [0.4, 0.5) is 5.69 Å². The molecule has 0 aliphatic heterocycles. The first kappa shape index (κ1) is 17.6. The van der Waals surface area contributed by atoms with E-state index in [2.05, 4.69) is 5.32 Å². The summed E-state index contributed by atoms with van der Waals surface area (Å²) in [5.41, 5.74) is 2.76. The van der Waals surface area contributed by atoms with Gasteiger partial charge >= 0.3 is 0 Å². The van der Waals surface area contributed by atoms with E-state index in [1.165, 1.54) is 11.6 Å². The summed E-state index contributed by atoms with van der Waals surface area (Å²) in [5, 5.41) is 2.85. The zero-order valence-electron chi connectivity index (χ0n) is 14.3. The Hall–Kier alpha value is -2.75. The first-order chi connectivity index (χ1) is 11.6. The molecule has 0 saturated heterocycles. The summed E-state index contributed by atoms with van der Waals surface area (Å²) < 4.78 is 11.0. The first-order valence-corrected chi connectivity index (χ1v) is 8.07. The quantitative estimate of drug-likeness (QED) is 0.765. The summed E-state index contributed by atoms with van der Waals surface area (Å²) in [7, 11) is 0. The van der Waals surface area contributed by atoms with Gasteiger partial charge in [-0.1, -0.05) is 29.8 Å². The monoisotopic (exact) mass is 325 g/mol. The number of nitrogens with one attached hydrogen (secondary N) is 1. The molecule has 0 aliphatic carbocycles. The van der Waals surface area contributed by atoms with E-state index in [0.717, 1.165) is 5.56 Å². The molecule has 24 heavy (non-hydrogen) atoms. The lowest BCUT2D eigenvalue weighted by atomic mass is 10.1. The standard InChI is InChI=1S/C20H23NO3/c1-4-23-17-11-12-19(24-5-2)18(14-17)21-20(22)13-10-16-8-6-15(3)7-9-16/h6-14H,4-5H2,1-3H3,(H,21,22)/b13-10+. The van der Waals surface area contributed by atoms with Gasteiger partial charge in [-0.05, 0) is 44.5 Å². The number of anilines is 1. The molecule has 2 aromatic rings. The van der Waals surface area contributed by atoms with E-state index in [-0.39, 0.29) is 5.91 Å². The zero-order valence-corrected chi connectivity index (χ0v) is 14.3. The van der Waals surface area contributed by atoms with Crippen molar-refractivity contribution < 1.29 is 14.3 Å². The van der Waals surface area contributed by atoms with Gasteiger partial charge in [0.2, 0.25) is 5.91 Å². The van der Waals surface area contributed by atoms with Crippen molar-refractivity contribution in [1.29, 1.82) is 0 Å². The largest absolute Gasteiger partial charge is 0.494 e. The van der Waals surface area contributed by atoms with Crippen LogP contribution in [0.3, 0.4) is 0 Å². The Morgan fingerprint density at radius 3 is 2.42 bits per heavy atom. The van der Waals surface area contributed by atoms with Crippen molar-refractivity contribution in [2.75, 3.05) is 18.5 Å². The highest BCUT2D eigenvalue weighted by atomic mass is 16.5. The molecule has 2 rings (SSSR count). The molecule has 0 aromatic heterocycles. The van der Waals surface area contributed by atoms with Crippen LogP contribution in [0.25, 0.3) is 6.08 Å². The molecule has 0 saturated carbocycles. The lowest BCUT2D eigenvalue weighted by molar-refractivity contribution is -0.111. The molecule has 0 heterocycles. The summed E-state index contributed by atoms with van der Waals surface area (Å²) in [5.74, 6) is 1.10. The molecule has 0 fully saturated rings. The molecule has 0 unspecified atom stereocenters. The van der Waals surface area contributed by atoms with Gasteiger partial charge in [-0.25, -0.2) is 0 Å². The average molecular weight is 325 g/mol. The first-order valence-electron chi connectivity index (χ1n) is 8.07. The minimum atomic E-state index is -0.217. The second-order valence-corrected chi connectivity index (χ2v) is 5.26. The third-order valence-electron chi connectivity index (χ3n) is 3.32. The predicted octanol–water partition coefficient (Wildman–Crippen LogP) is 4.44. The van der Waals surface area contributed by atoms with Gasteiger partial charge < -0.3 is 14.8 Å². The fraction of sp³-hybridized carbons (Fsp3) is 0.250. The molecule has 2 aromatic carbocycles. The number of hydrogen-bond acceptors (Lipinski definition) is 3. The molecule has 126 valence electrons. The van der Waals surface area contributed by atoms with E-state index in [0.29, 0.717) is 30.4 Å². The molecule has 0 atom stereocenters. The fourth-order valence-corrected chi connectivity index (χ4v) is 2.17. The summed E-state index contributed by atoms with van der Waals surface area (Å²) in [6, 6.07) is 13.4. The molecular weight excluding hydrogens is 302 g/mol. The second kappa shape index (κ2) is 8.77. The average Bonchev–Trinajstić information content (AvgIpc) is 2.57. The Kier molecular flexibility index (Phi) is 6.43. The van der Waals surface area contributed by atoms with Crippen molar-refractivity contribution in [2.45, 2.75) is 20.8 Å².